The molecule has 1 unspecified atom stereocenters. The Hall–Kier alpha value is -2.60. The number of amides is 2. The molecule has 2 heterocycles. The Morgan fingerprint density at radius 2 is 2.08 bits per heavy atom. The number of likely N-dealkylation sites (tertiary alicyclic amines) is 1. The molecule has 0 aliphatic carbocycles. The number of hydrogen-bond donors (Lipinski definition) is 2. The van der Waals surface area contributed by atoms with Crippen molar-refractivity contribution in [1.29, 1.82) is 0 Å². The average Bonchev–Trinajstić information content (AvgIpc) is 3.13. The highest BCUT2D eigenvalue weighted by Crippen LogP contribution is 2.17. The van der Waals surface area contributed by atoms with Gasteiger partial charge in [-0.05, 0) is 49.6 Å². The third-order valence-corrected chi connectivity index (χ3v) is 4.56. The maximum Gasteiger partial charge on any atom is 0.253 e. The molecule has 138 valence electrons. The third kappa shape index (κ3) is 4.95. The van der Waals surface area contributed by atoms with Gasteiger partial charge in [0, 0.05) is 6.54 Å². The third-order valence-electron chi connectivity index (χ3n) is 4.56. The molecule has 2 aromatic rings. The summed E-state index contributed by atoms with van der Waals surface area (Å²) < 4.78 is 5.22. The molecule has 0 spiro atoms. The molecule has 6 nitrogen and oxygen atoms in total. The first-order valence-corrected chi connectivity index (χ1v) is 9.03. The SMILES string of the molecule is CC1CCCN(CC(=O)Nc2ccccc2C(=O)NCc2ccco2)C1. The van der Waals surface area contributed by atoms with Crippen LogP contribution in [-0.2, 0) is 11.3 Å². The van der Waals surface area contributed by atoms with E-state index in [0.717, 1.165) is 19.5 Å². The second-order valence-corrected chi connectivity index (χ2v) is 6.84. The van der Waals surface area contributed by atoms with Crippen LogP contribution in [0, 0.1) is 5.92 Å². The zero-order valence-electron chi connectivity index (χ0n) is 15.0. The van der Waals surface area contributed by atoms with Gasteiger partial charge in [0.05, 0.1) is 30.6 Å². The van der Waals surface area contributed by atoms with Crippen molar-refractivity contribution in [1.82, 2.24) is 10.2 Å². The lowest BCUT2D eigenvalue weighted by molar-refractivity contribution is -0.117. The van der Waals surface area contributed by atoms with Crippen molar-refractivity contribution in [2.24, 2.45) is 5.92 Å². The molecule has 3 rings (SSSR count). The van der Waals surface area contributed by atoms with E-state index in [4.69, 9.17) is 4.42 Å². The number of nitrogens with zero attached hydrogens (tertiary/aromatic N) is 1. The molecule has 1 aromatic carbocycles. The summed E-state index contributed by atoms with van der Waals surface area (Å²) in [6.07, 6.45) is 3.91. The minimum Gasteiger partial charge on any atom is -0.467 e. The molecule has 2 amide bonds. The summed E-state index contributed by atoms with van der Waals surface area (Å²) in [7, 11) is 0. The van der Waals surface area contributed by atoms with E-state index in [1.54, 1.807) is 36.6 Å². The van der Waals surface area contributed by atoms with Crippen LogP contribution in [0.25, 0.3) is 0 Å². The summed E-state index contributed by atoms with van der Waals surface area (Å²) in [5, 5.41) is 5.69. The van der Waals surface area contributed by atoms with E-state index in [9.17, 15) is 9.59 Å². The highest BCUT2D eigenvalue weighted by atomic mass is 16.3. The summed E-state index contributed by atoms with van der Waals surface area (Å²) in [4.78, 5) is 27.0. The first kappa shape index (κ1) is 18.2. The number of carbonyl (C=O) groups is 2. The quantitative estimate of drug-likeness (QED) is 0.836. The Bertz CT molecular complexity index is 743. The molecule has 0 bridgehead atoms. The van der Waals surface area contributed by atoms with Gasteiger partial charge in [-0.2, -0.15) is 0 Å². The van der Waals surface area contributed by atoms with Gasteiger partial charge in [0.1, 0.15) is 5.76 Å². The highest BCUT2D eigenvalue weighted by Gasteiger charge is 2.19. The number of piperidine rings is 1. The van der Waals surface area contributed by atoms with Crippen molar-refractivity contribution in [3.05, 3.63) is 54.0 Å². The van der Waals surface area contributed by atoms with Gasteiger partial charge in [-0.15, -0.1) is 0 Å². The second kappa shape index (κ2) is 8.67. The number of benzene rings is 1. The molecule has 1 aliphatic heterocycles. The lowest BCUT2D eigenvalue weighted by atomic mass is 10.0. The van der Waals surface area contributed by atoms with Crippen LogP contribution in [0.5, 0.6) is 0 Å². The molecule has 1 aromatic heterocycles. The lowest BCUT2D eigenvalue weighted by Crippen LogP contribution is -2.40. The van der Waals surface area contributed by atoms with Crippen LogP contribution in [0.15, 0.2) is 47.1 Å². The molecule has 1 fully saturated rings. The van der Waals surface area contributed by atoms with Crippen LogP contribution >= 0.6 is 0 Å². The Labute approximate surface area is 153 Å². The van der Waals surface area contributed by atoms with Crippen molar-refractivity contribution in [2.45, 2.75) is 26.3 Å². The Kier molecular flexibility index (Phi) is 6.07. The fourth-order valence-electron chi connectivity index (χ4n) is 3.29. The zero-order valence-corrected chi connectivity index (χ0v) is 15.0. The molecule has 1 atom stereocenters. The number of nitrogens with one attached hydrogen (secondary N) is 2. The number of carbonyl (C=O) groups excluding carboxylic acids is 2. The van der Waals surface area contributed by atoms with Crippen LogP contribution in [0.3, 0.4) is 0 Å². The van der Waals surface area contributed by atoms with E-state index in [1.807, 2.05) is 6.07 Å². The minimum absolute atomic E-state index is 0.0922. The van der Waals surface area contributed by atoms with Gasteiger partial charge in [-0.25, -0.2) is 0 Å². The maximum absolute atomic E-state index is 12.5. The number of hydrogen-bond acceptors (Lipinski definition) is 4. The summed E-state index contributed by atoms with van der Waals surface area (Å²) in [5.41, 5.74) is 0.971. The second-order valence-electron chi connectivity index (χ2n) is 6.84. The first-order valence-electron chi connectivity index (χ1n) is 9.03. The van der Waals surface area contributed by atoms with Crippen molar-refractivity contribution in [3.63, 3.8) is 0 Å². The van der Waals surface area contributed by atoms with Crippen LogP contribution in [-0.4, -0.2) is 36.3 Å². The summed E-state index contributed by atoms with van der Waals surface area (Å²) in [6.45, 7) is 4.76. The van der Waals surface area contributed by atoms with Crippen LogP contribution < -0.4 is 10.6 Å². The van der Waals surface area contributed by atoms with Gasteiger partial charge in [0.25, 0.3) is 5.91 Å². The fourth-order valence-corrected chi connectivity index (χ4v) is 3.29. The average molecular weight is 355 g/mol. The maximum atomic E-state index is 12.5. The molecule has 0 saturated carbocycles. The molecule has 6 heteroatoms. The van der Waals surface area contributed by atoms with Crippen LogP contribution in [0.2, 0.25) is 0 Å². The van der Waals surface area contributed by atoms with E-state index in [-0.39, 0.29) is 11.8 Å². The Morgan fingerprint density at radius 3 is 2.85 bits per heavy atom. The largest absolute Gasteiger partial charge is 0.467 e. The fraction of sp³-hybridized carbons (Fsp3) is 0.400. The van der Waals surface area contributed by atoms with Crippen molar-refractivity contribution >= 4 is 17.5 Å². The zero-order chi connectivity index (χ0) is 18.4. The standard InChI is InChI=1S/C20H25N3O3/c1-15-6-4-10-23(13-15)14-19(24)22-18-9-3-2-8-17(18)20(25)21-12-16-7-5-11-26-16/h2-3,5,7-9,11,15H,4,6,10,12-14H2,1H3,(H,21,25)(H,22,24). The van der Waals surface area contributed by atoms with E-state index in [2.05, 4.69) is 22.5 Å². The molecule has 1 saturated heterocycles. The Balaban J connectivity index is 1.59. The summed E-state index contributed by atoms with van der Waals surface area (Å²) in [5.74, 6) is 0.963. The molecule has 0 radical (unpaired) electrons. The van der Waals surface area contributed by atoms with Gasteiger partial charge < -0.3 is 15.1 Å². The minimum atomic E-state index is -0.246. The molecule has 2 N–H and O–H groups in total. The number of para-hydroxylation sites is 1. The number of rotatable bonds is 6. The van der Waals surface area contributed by atoms with Crippen LogP contribution in [0.1, 0.15) is 35.9 Å². The summed E-state index contributed by atoms with van der Waals surface area (Å²) >= 11 is 0. The van der Waals surface area contributed by atoms with Gasteiger partial charge >= 0.3 is 0 Å². The van der Waals surface area contributed by atoms with Crippen molar-refractivity contribution in [2.75, 3.05) is 25.0 Å². The molecular weight excluding hydrogens is 330 g/mol. The van der Waals surface area contributed by atoms with Crippen LogP contribution in [0.4, 0.5) is 5.69 Å². The van der Waals surface area contributed by atoms with Gasteiger partial charge in [0.2, 0.25) is 5.91 Å². The smallest absolute Gasteiger partial charge is 0.253 e. The lowest BCUT2D eigenvalue weighted by Gasteiger charge is -2.30. The predicted molar refractivity (Wildman–Crippen MR) is 99.8 cm³/mol. The van der Waals surface area contributed by atoms with E-state index >= 15 is 0 Å². The molecule has 26 heavy (non-hydrogen) atoms. The van der Waals surface area contributed by atoms with E-state index in [0.29, 0.717) is 36.0 Å². The van der Waals surface area contributed by atoms with Gasteiger partial charge in [-0.1, -0.05) is 19.1 Å². The predicted octanol–water partition coefficient (Wildman–Crippen LogP) is 2.88. The molecular formula is C20H25N3O3. The normalized spacial score (nSPS) is 17.7. The van der Waals surface area contributed by atoms with Crippen molar-refractivity contribution in [3.8, 4) is 0 Å². The van der Waals surface area contributed by atoms with Gasteiger partial charge in [0.15, 0.2) is 0 Å². The monoisotopic (exact) mass is 355 g/mol. The van der Waals surface area contributed by atoms with E-state index < -0.39 is 0 Å². The topological polar surface area (TPSA) is 74.6 Å². The number of anilines is 1. The Morgan fingerprint density at radius 1 is 1.23 bits per heavy atom. The van der Waals surface area contributed by atoms with E-state index in [1.165, 1.54) is 6.42 Å². The number of furan rings is 1. The van der Waals surface area contributed by atoms with Gasteiger partial charge in [-0.3, -0.25) is 14.5 Å². The molecule has 1 aliphatic rings. The first-order chi connectivity index (χ1) is 12.6. The summed E-state index contributed by atoms with van der Waals surface area (Å²) in [6, 6.07) is 10.6. The highest BCUT2D eigenvalue weighted by molar-refractivity contribution is 6.04. The van der Waals surface area contributed by atoms with Crippen molar-refractivity contribution < 1.29 is 14.0 Å².